The molecule has 0 unspecified atom stereocenters. The maximum Gasteiger partial charge on any atom is 0.238 e. The van der Waals surface area contributed by atoms with Crippen LogP contribution in [0.3, 0.4) is 0 Å². The third kappa shape index (κ3) is 3.29. The van der Waals surface area contributed by atoms with Gasteiger partial charge in [0.1, 0.15) is 5.75 Å². The average molecular weight is 293 g/mol. The van der Waals surface area contributed by atoms with E-state index in [9.17, 15) is 8.42 Å². The molecule has 2 aromatic carbocycles. The van der Waals surface area contributed by atoms with Crippen molar-refractivity contribution in [2.75, 3.05) is 6.61 Å². The molecular weight excluding hydrogens is 274 g/mol. The Kier molecular flexibility index (Phi) is 4.30. The maximum atomic E-state index is 11.6. The lowest BCUT2D eigenvalue weighted by molar-refractivity contribution is 0.292. The first-order chi connectivity index (χ1) is 9.39. The molecule has 0 spiro atoms. The first-order valence-corrected chi connectivity index (χ1v) is 8.11. The molecule has 2 aromatic rings. The highest BCUT2D eigenvalue weighted by Gasteiger charge is 2.14. The maximum absolute atomic E-state index is 11.6. The molecular formula is C15H19NO3S. The zero-order valence-electron chi connectivity index (χ0n) is 11.7. The molecule has 0 saturated heterocycles. The van der Waals surface area contributed by atoms with Crippen molar-refractivity contribution in [3.05, 3.63) is 36.4 Å². The van der Waals surface area contributed by atoms with Crippen molar-refractivity contribution in [3.8, 4) is 5.75 Å². The SMILES string of the molecule is CC(C)CCOc1ccc(S(N)(=O)=O)c2ccccc12. The van der Waals surface area contributed by atoms with Gasteiger partial charge in [0.25, 0.3) is 0 Å². The highest BCUT2D eigenvalue weighted by atomic mass is 32.2. The van der Waals surface area contributed by atoms with Gasteiger partial charge in [0.15, 0.2) is 0 Å². The second kappa shape index (κ2) is 5.81. The predicted octanol–water partition coefficient (Wildman–Crippen LogP) is 2.91. The van der Waals surface area contributed by atoms with Crippen LogP contribution >= 0.6 is 0 Å². The Bertz CT molecular complexity index is 708. The van der Waals surface area contributed by atoms with Crippen molar-refractivity contribution in [2.45, 2.75) is 25.2 Å². The standard InChI is InChI=1S/C15H19NO3S/c1-11(2)9-10-19-14-7-8-15(20(16,17)18)13-6-4-3-5-12(13)14/h3-8,11H,9-10H2,1-2H3,(H2,16,17,18). The van der Waals surface area contributed by atoms with Crippen LogP contribution in [-0.4, -0.2) is 15.0 Å². The molecule has 5 heteroatoms. The summed E-state index contributed by atoms with van der Waals surface area (Å²) in [4.78, 5) is 0.129. The lowest BCUT2D eigenvalue weighted by atomic mass is 10.1. The van der Waals surface area contributed by atoms with Crippen molar-refractivity contribution in [1.82, 2.24) is 0 Å². The van der Waals surface area contributed by atoms with E-state index in [1.54, 1.807) is 18.2 Å². The molecule has 0 aliphatic rings. The Morgan fingerprint density at radius 1 is 1.10 bits per heavy atom. The van der Waals surface area contributed by atoms with Gasteiger partial charge in [-0.25, -0.2) is 13.6 Å². The van der Waals surface area contributed by atoms with E-state index >= 15 is 0 Å². The normalized spacial score (nSPS) is 12.0. The van der Waals surface area contributed by atoms with E-state index in [-0.39, 0.29) is 4.90 Å². The van der Waals surface area contributed by atoms with Gasteiger partial charge in [0.05, 0.1) is 11.5 Å². The van der Waals surface area contributed by atoms with Crippen LogP contribution in [0.5, 0.6) is 5.75 Å². The third-order valence-electron chi connectivity index (χ3n) is 3.10. The number of fused-ring (bicyclic) bond motifs is 1. The lowest BCUT2D eigenvalue weighted by Crippen LogP contribution is -2.12. The number of nitrogens with two attached hydrogens (primary N) is 1. The fourth-order valence-electron chi connectivity index (χ4n) is 2.02. The highest BCUT2D eigenvalue weighted by Crippen LogP contribution is 2.30. The number of hydrogen-bond donors (Lipinski definition) is 1. The number of sulfonamides is 1. The summed E-state index contributed by atoms with van der Waals surface area (Å²) in [5.41, 5.74) is 0. The van der Waals surface area contributed by atoms with E-state index in [0.29, 0.717) is 23.7 Å². The monoisotopic (exact) mass is 293 g/mol. The first kappa shape index (κ1) is 14.8. The zero-order chi connectivity index (χ0) is 14.8. The van der Waals surface area contributed by atoms with Gasteiger partial charge in [-0.3, -0.25) is 0 Å². The van der Waals surface area contributed by atoms with E-state index in [0.717, 1.165) is 11.8 Å². The summed E-state index contributed by atoms with van der Waals surface area (Å²) in [7, 11) is -3.74. The second-order valence-corrected chi connectivity index (χ2v) is 6.71. The number of hydrogen-bond acceptors (Lipinski definition) is 3. The van der Waals surface area contributed by atoms with Crippen molar-refractivity contribution < 1.29 is 13.2 Å². The van der Waals surface area contributed by atoms with Crippen LogP contribution in [0.4, 0.5) is 0 Å². The number of primary sulfonamides is 1. The van der Waals surface area contributed by atoms with Gasteiger partial charge in [-0.2, -0.15) is 0 Å². The second-order valence-electron chi connectivity index (χ2n) is 5.18. The van der Waals surface area contributed by atoms with Crippen LogP contribution in [0, 0.1) is 5.92 Å². The Hall–Kier alpha value is -1.59. The summed E-state index contributed by atoms with van der Waals surface area (Å²) in [6, 6.07) is 10.4. The van der Waals surface area contributed by atoms with Gasteiger partial charge in [-0.05, 0) is 24.5 Å². The van der Waals surface area contributed by atoms with Gasteiger partial charge in [0, 0.05) is 10.8 Å². The quantitative estimate of drug-likeness (QED) is 0.921. The molecule has 20 heavy (non-hydrogen) atoms. The molecule has 2 N–H and O–H groups in total. The predicted molar refractivity (Wildman–Crippen MR) is 80.3 cm³/mol. The molecule has 0 aliphatic carbocycles. The van der Waals surface area contributed by atoms with Crippen molar-refractivity contribution in [2.24, 2.45) is 11.1 Å². The molecule has 0 radical (unpaired) electrons. The summed E-state index contributed by atoms with van der Waals surface area (Å²) in [6.45, 7) is 4.87. The van der Waals surface area contributed by atoms with Crippen LogP contribution < -0.4 is 9.88 Å². The van der Waals surface area contributed by atoms with E-state index in [4.69, 9.17) is 9.88 Å². The molecule has 0 saturated carbocycles. The smallest absolute Gasteiger partial charge is 0.238 e. The number of rotatable bonds is 5. The van der Waals surface area contributed by atoms with E-state index in [2.05, 4.69) is 13.8 Å². The van der Waals surface area contributed by atoms with Crippen LogP contribution in [0.15, 0.2) is 41.3 Å². The molecule has 0 amide bonds. The minimum atomic E-state index is -3.74. The van der Waals surface area contributed by atoms with E-state index in [1.807, 2.05) is 12.1 Å². The van der Waals surface area contributed by atoms with Crippen molar-refractivity contribution >= 4 is 20.8 Å². The largest absolute Gasteiger partial charge is 0.493 e. The minimum absolute atomic E-state index is 0.129. The van der Waals surface area contributed by atoms with Gasteiger partial charge in [-0.15, -0.1) is 0 Å². The Morgan fingerprint density at radius 3 is 2.35 bits per heavy atom. The van der Waals surface area contributed by atoms with E-state index in [1.165, 1.54) is 6.07 Å². The summed E-state index contributed by atoms with van der Waals surface area (Å²) >= 11 is 0. The summed E-state index contributed by atoms with van der Waals surface area (Å²) in [5, 5.41) is 6.61. The van der Waals surface area contributed by atoms with Gasteiger partial charge >= 0.3 is 0 Å². The lowest BCUT2D eigenvalue weighted by Gasteiger charge is -2.12. The van der Waals surface area contributed by atoms with Crippen molar-refractivity contribution in [3.63, 3.8) is 0 Å². The zero-order valence-corrected chi connectivity index (χ0v) is 12.5. The van der Waals surface area contributed by atoms with Gasteiger partial charge in [-0.1, -0.05) is 38.1 Å². The van der Waals surface area contributed by atoms with Crippen LogP contribution in [0.2, 0.25) is 0 Å². The third-order valence-corrected chi connectivity index (χ3v) is 4.07. The fraction of sp³-hybridized carbons (Fsp3) is 0.333. The minimum Gasteiger partial charge on any atom is -0.493 e. The molecule has 0 bridgehead atoms. The molecule has 0 aromatic heterocycles. The number of benzene rings is 2. The average Bonchev–Trinajstić information content (AvgIpc) is 2.37. The van der Waals surface area contributed by atoms with E-state index < -0.39 is 10.0 Å². The van der Waals surface area contributed by atoms with Gasteiger partial charge < -0.3 is 4.74 Å². The first-order valence-electron chi connectivity index (χ1n) is 6.57. The summed E-state index contributed by atoms with van der Waals surface area (Å²) < 4.78 is 29.0. The van der Waals surface area contributed by atoms with Crippen LogP contribution in [-0.2, 0) is 10.0 Å². The Balaban J connectivity index is 2.44. The molecule has 4 nitrogen and oxygen atoms in total. The molecule has 0 fully saturated rings. The topological polar surface area (TPSA) is 69.4 Å². The fourth-order valence-corrected chi connectivity index (χ4v) is 2.76. The molecule has 108 valence electrons. The molecule has 0 heterocycles. The summed E-state index contributed by atoms with van der Waals surface area (Å²) in [6.07, 6.45) is 0.950. The Labute approximate surface area is 119 Å². The molecule has 0 atom stereocenters. The van der Waals surface area contributed by atoms with Crippen LogP contribution in [0.1, 0.15) is 20.3 Å². The van der Waals surface area contributed by atoms with Gasteiger partial charge in [0.2, 0.25) is 10.0 Å². The molecule has 0 aliphatic heterocycles. The summed E-state index contributed by atoms with van der Waals surface area (Å²) in [5.74, 6) is 1.25. The van der Waals surface area contributed by atoms with Crippen molar-refractivity contribution in [1.29, 1.82) is 0 Å². The number of ether oxygens (including phenoxy) is 1. The highest BCUT2D eigenvalue weighted by molar-refractivity contribution is 7.89. The van der Waals surface area contributed by atoms with Crippen LogP contribution in [0.25, 0.3) is 10.8 Å². The Morgan fingerprint density at radius 2 is 1.75 bits per heavy atom. The molecule has 2 rings (SSSR count).